The summed E-state index contributed by atoms with van der Waals surface area (Å²) < 4.78 is 78.8. The van der Waals surface area contributed by atoms with Gasteiger partial charge in [0, 0.05) is 24.8 Å². The molecule has 0 radical (unpaired) electrons. The van der Waals surface area contributed by atoms with Crippen molar-refractivity contribution in [3.05, 3.63) is 65.9 Å². The van der Waals surface area contributed by atoms with Crippen molar-refractivity contribution in [3.8, 4) is 11.1 Å². The van der Waals surface area contributed by atoms with Gasteiger partial charge in [-0.25, -0.2) is 27.9 Å². The lowest BCUT2D eigenvalue weighted by atomic mass is 10.1. The van der Waals surface area contributed by atoms with Crippen LogP contribution >= 0.6 is 0 Å². The Labute approximate surface area is 232 Å². The number of hydrogen-bond acceptors (Lipinski definition) is 7. The molecule has 4 N–H and O–H groups in total. The lowest BCUT2D eigenvalue weighted by Crippen LogP contribution is -2.37. The molecule has 0 atom stereocenters. The number of rotatable bonds is 5. The van der Waals surface area contributed by atoms with E-state index in [4.69, 9.17) is 24.6 Å². The van der Waals surface area contributed by atoms with E-state index in [-0.39, 0.29) is 17.9 Å². The molecule has 6 rings (SSSR count). The molecule has 16 heteroatoms. The number of aliphatic carboxylic acids is 1. The van der Waals surface area contributed by atoms with Crippen molar-refractivity contribution in [2.75, 3.05) is 36.5 Å². The highest BCUT2D eigenvalue weighted by molar-refractivity contribution is 5.98. The van der Waals surface area contributed by atoms with Gasteiger partial charge in [0.05, 0.1) is 25.3 Å². The lowest BCUT2D eigenvalue weighted by molar-refractivity contribution is -0.192. The molecule has 0 unspecified atom stereocenters. The van der Waals surface area contributed by atoms with Crippen molar-refractivity contribution in [2.45, 2.75) is 12.7 Å². The van der Waals surface area contributed by atoms with Crippen LogP contribution < -0.4 is 10.2 Å². The van der Waals surface area contributed by atoms with Gasteiger partial charge in [0.25, 0.3) is 0 Å². The van der Waals surface area contributed by atoms with E-state index in [0.29, 0.717) is 66.0 Å². The third-order valence-electron chi connectivity index (χ3n) is 6.20. The highest BCUT2D eigenvalue weighted by Gasteiger charge is 2.38. The van der Waals surface area contributed by atoms with Gasteiger partial charge in [0.1, 0.15) is 28.2 Å². The van der Waals surface area contributed by atoms with Gasteiger partial charge in [-0.2, -0.15) is 18.2 Å². The fourth-order valence-corrected chi connectivity index (χ4v) is 4.22. The number of nitrogens with zero attached hydrogens (tertiary/aromatic N) is 4. The van der Waals surface area contributed by atoms with E-state index in [1.807, 2.05) is 11.0 Å². The minimum absolute atomic E-state index is 0.0584. The first-order valence-corrected chi connectivity index (χ1v) is 12.4. The second-order valence-electron chi connectivity index (χ2n) is 9.01. The Balaban J connectivity index is 0.000000451. The number of carboxylic acids is 1. The van der Waals surface area contributed by atoms with Gasteiger partial charge in [0.2, 0.25) is 5.95 Å². The smallest absolute Gasteiger partial charge is 0.475 e. The van der Waals surface area contributed by atoms with E-state index in [2.05, 4.69) is 20.3 Å². The minimum Gasteiger partial charge on any atom is -0.475 e. The summed E-state index contributed by atoms with van der Waals surface area (Å²) >= 11 is 0. The van der Waals surface area contributed by atoms with Crippen LogP contribution in [0.15, 0.2) is 42.6 Å². The maximum absolute atomic E-state index is 14.1. The Morgan fingerprint density at radius 1 is 1.05 bits per heavy atom. The van der Waals surface area contributed by atoms with Crippen molar-refractivity contribution in [3.63, 3.8) is 0 Å². The summed E-state index contributed by atoms with van der Waals surface area (Å²) in [6.07, 6.45) is -3.32. The number of H-pyrrole nitrogens is 2. The molecular formula is C26H21F6N7O3. The standard InChI is InChI=1S/C24H20F3N7O.C2HF3O2/c25-14-3-1-2-13(10-14)15-11-28-22-20(15)32-24(34-6-8-35-9-7-34)33-23(22)29-12-18-30-17-5-4-16(26)19(27)21(17)31-18;3-2(4,5)1(6)7/h1-5,10-11,28H,6-9,12H2,(H,30,31)(H,29,32,33);(H,6,7). The molecule has 4 heterocycles. The number of benzene rings is 2. The third-order valence-corrected chi connectivity index (χ3v) is 6.20. The van der Waals surface area contributed by atoms with Crippen molar-refractivity contribution in [1.82, 2.24) is 24.9 Å². The zero-order valence-corrected chi connectivity index (χ0v) is 21.4. The molecule has 220 valence electrons. The first-order chi connectivity index (χ1) is 20.0. The maximum atomic E-state index is 14.1. The van der Waals surface area contributed by atoms with Crippen LogP contribution in [0, 0.1) is 17.5 Å². The van der Waals surface area contributed by atoms with Crippen LogP contribution in [0.2, 0.25) is 0 Å². The Morgan fingerprint density at radius 3 is 2.48 bits per heavy atom. The predicted molar refractivity (Wildman–Crippen MR) is 139 cm³/mol. The SMILES string of the molecule is Fc1cccc(-c2c[nH]c3c(NCc4nc5c(F)c(F)ccc5[nH]4)nc(N4CCOCC4)nc23)c1.O=C(O)C(F)(F)F. The highest BCUT2D eigenvalue weighted by Crippen LogP contribution is 2.32. The van der Waals surface area contributed by atoms with E-state index >= 15 is 0 Å². The molecule has 0 aliphatic carbocycles. The number of aromatic nitrogens is 5. The molecule has 1 saturated heterocycles. The number of carboxylic acid groups (broad SMARTS) is 1. The summed E-state index contributed by atoms with van der Waals surface area (Å²) in [5, 5.41) is 10.4. The van der Waals surface area contributed by atoms with Crippen molar-refractivity contribution >= 4 is 39.8 Å². The molecule has 0 spiro atoms. The van der Waals surface area contributed by atoms with E-state index < -0.39 is 23.8 Å². The number of halogens is 6. The molecule has 5 aromatic rings. The predicted octanol–water partition coefficient (Wildman–Crippen LogP) is 5.00. The van der Waals surface area contributed by atoms with E-state index in [9.17, 15) is 26.3 Å². The van der Waals surface area contributed by atoms with Gasteiger partial charge < -0.3 is 30.0 Å². The summed E-state index contributed by atoms with van der Waals surface area (Å²) in [7, 11) is 0. The number of nitrogens with one attached hydrogen (secondary N) is 3. The average molecular weight is 593 g/mol. The number of ether oxygens (including phenoxy) is 1. The fraction of sp³-hybridized carbons (Fsp3) is 0.231. The maximum Gasteiger partial charge on any atom is 0.490 e. The first-order valence-electron chi connectivity index (χ1n) is 12.4. The molecule has 0 amide bonds. The van der Waals surface area contributed by atoms with Crippen molar-refractivity contribution in [1.29, 1.82) is 0 Å². The minimum atomic E-state index is -5.08. The molecule has 1 fully saturated rings. The molecule has 1 aliphatic rings. The van der Waals surface area contributed by atoms with Crippen LogP contribution in [0.25, 0.3) is 33.2 Å². The molecule has 0 saturated carbocycles. The normalized spacial score (nSPS) is 13.7. The quantitative estimate of drug-likeness (QED) is 0.210. The summed E-state index contributed by atoms with van der Waals surface area (Å²) in [4.78, 5) is 30.8. The lowest BCUT2D eigenvalue weighted by Gasteiger charge is -2.27. The third kappa shape index (κ3) is 6.07. The summed E-state index contributed by atoms with van der Waals surface area (Å²) in [5.41, 5.74) is 3.03. The van der Waals surface area contributed by atoms with Gasteiger partial charge in [-0.1, -0.05) is 12.1 Å². The molecule has 0 bridgehead atoms. The number of fused-ring (bicyclic) bond motifs is 2. The molecule has 42 heavy (non-hydrogen) atoms. The highest BCUT2D eigenvalue weighted by atomic mass is 19.4. The molecule has 3 aromatic heterocycles. The van der Waals surface area contributed by atoms with Crippen LogP contribution in [0.3, 0.4) is 0 Å². The van der Waals surface area contributed by atoms with Crippen LogP contribution in [0.4, 0.5) is 38.1 Å². The number of alkyl halides is 3. The van der Waals surface area contributed by atoms with Crippen LogP contribution in [-0.4, -0.2) is 68.5 Å². The average Bonchev–Trinajstić information content (AvgIpc) is 3.59. The van der Waals surface area contributed by atoms with Crippen molar-refractivity contribution in [2.24, 2.45) is 0 Å². The van der Waals surface area contributed by atoms with Gasteiger partial charge in [0.15, 0.2) is 17.5 Å². The Kier molecular flexibility index (Phi) is 7.89. The number of carbonyl (C=O) groups is 1. The van der Waals surface area contributed by atoms with E-state index in [0.717, 1.165) is 11.6 Å². The van der Waals surface area contributed by atoms with Gasteiger partial charge in [-0.3, -0.25) is 0 Å². The molecular weight excluding hydrogens is 572 g/mol. The Bertz CT molecular complexity index is 1750. The van der Waals surface area contributed by atoms with Gasteiger partial charge in [-0.15, -0.1) is 0 Å². The Hall–Kier alpha value is -4.86. The largest absolute Gasteiger partial charge is 0.490 e. The monoisotopic (exact) mass is 593 g/mol. The second-order valence-corrected chi connectivity index (χ2v) is 9.01. The topological polar surface area (TPSA) is 132 Å². The summed E-state index contributed by atoms with van der Waals surface area (Å²) in [5.74, 6) is -3.61. The molecule has 1 aliphatic heterocycles. The van der Waals surface area contributed by atoms with E-state index in [1.165, 1.54) is 18.2 Å². The Morgan fingerprint density at radius 2 is 1.79 bits per heavy atom. The van der Waals surface area contributed by atoms with E-state index in [1.54, 1.807) is 12.3 Å². The number of anilines is 2. The summed E-state index contributed by atoms with van der Waals surface area (Å²) in [6, 6.07) is 8.81. The zero-order valence-electron chi connectivity index (χ0n) is 21.4. The van der Waals surface area contributed by atoms with Crippen LogP contribution in [0.1, 0.15) is 5.82 Å². The summed E-state index contributed by atoms with van der Waals surface area (Å²) in [6.45, 7) is 2.58. The number of imidazole rings is 1. The number of aromatic amines is 2. The zero-order chi connectivity index (χ0) is 30.0. The van der Waals surface area contributed by atoms with Crippen molar-refractivity contribution < 1.29 is 41.0 Å². The van der Waals surface area contributed by atoms with Crippen LogP contribution in [0.5, 0.6) is 0 Å². The number of hydrogen-bond donors (Lipinski definition) is 4. The number of morpholine rings is 1. The van der Waals surface area contributed by atoms with Gasteiger partial charge in [-0.05, 0) is 29.8 Å². The second kappa shape index (κ2) is 11.6. The fourth-order valence-electron chi connectivity index (χ4n) is 4.22. The van der Waals surface area contributed by atoms with Gasteiger partial charge >= 0.3 is 12.1 Å². The first kappa shape index (κ1) is 28.7. The van der Waals surface area contributed by atoms with Crippen LogP contribution in [-0.2, 0) is 16.1 Å². The molecule has 10 nitrogen and oxygen atoms in total. The molecule has 2 aromatic carbocycles.